The number of hydrogen-bond donors (Lipinski definition) is 1. The smallest absolute Gasteiger partial charge is 0.324 e. The number of ether oxygens (including phenoxy) is 1. The maximum absolute atomic E-state index is 13.2. The maximum Gasteiger partial charge on any atom is 0.324 e. The van der Waals surface area contributed by atoms with Gasteiger partial charge in [-0.05, 0) is 53.9 Å². The fourth-order valence-corrected chi connectivity index (χ4v) is 4.03. The third-order valence-corrected chi connectivity index (χ3v) is 5.78. The van der Waals surface area contributed by atoms with Crippen LogP contribution >= 0.6 is 0 Å². The lowest BCUT2D eigenvalue weighted by Gasteiger charge is -2.36. The first kappa shape index (κ1) is 22.9. The molecule has 7 heteroatoms. The van der Waals surface area contributed by atoms with Crippen molar-refractivity contribution in [1.29, 1.82) is 5.26 Å². The third kappa shape index (κ3) is 5.36. The minimum absolute atomic E-state index is 0.110. The molecule has 3 aromatic rings. The van der Waals surface area contributed by atoms with Crippen LogP contribution in [0.15, 0.2) is 72.8 Å². The van der Waals surface area contributed by atoms with Crippen LogP contribution in [-0.2, 0) is 17.8 Å². The maximum atomic E-state index is 13.2. The van der Waals surface area contributed by atoms with Crippen LogP contribution in [0.25, 0.3) is 0 Å². The Morgan fingerprint density at radius 1 is 1.06 bits per heavy atom. The van der Waals surface area contributed by atoms with Gasteiger partial charge in [-0.25, -0.2) is 4.79 Å². The summed E-state index contributed by atoms with van der Waals surface area (Å²) < 4.78 is 5.15. The summed E-state index contributed by atoms with van der Waals surface area (Å²) in [6, 6.07) is 24.1. The van der Waals surface area contributed by atoms with Crippen molar-refractivity contribution < 1.29 is 14.3 Å². The Hall–Kier alpha value is -4.31. The van der Waals surface area contributed by atoms with Crippen LogP contribution in [-0.4, -0.2) is 37.0 Å². The molecular formula is C27H26N4O3. The molecule has 0 bridgehead atoms. The Morgan fingerprint density at radius 3 is 2.62 bits per heavy atom. The summed E-state index contributed by atoms with van der Waals surface area (Å²) >= 11 is 0. The molecule has 0 unspecified atom stereocenters. The molecule has 1 fully saturated rings. The number of amides is 3. The van der Waals surface area contributed by atoms with Gasteiger partial charge in [0, 0.05) is 31.0 Å². The van der Waals surface area contributed by atoms with E-state index < -0.39 is 0 Å². The van der Waals surface area contributed by atoms with Crippen LogP contribution in [0.2, 0.25) is 0 Å². The van der Waals surface area contributed by atoms with E-state index in [-0.39, 0.29) is 18.4 Å². The molecule has 0 aromatic heterocycles. The van der Waals surface area contributed by atoms with Gasteiger partial charge in [0.25, 0.3) is 0 Å². The van der Waals surface area contributed by atoms with E-state index in [0.717, 1.165) is 29.0 Å². The first-order chi connectivity index (χ1) is 16.6. The van der Waals surface area contributed by atoms with E-state index in [2.05, 4.69) is 11.4 Å². The molecule has 4 rings (SSSR count). The molecule has 1 saturated heterocycles. The Morgan fingerprint density at radius 2 is 1.85 bits per heavy atom. The number of urea groups is 1. The van der Waals surface area contributed by atoms with E-state index in [9.17, 15) is 14.9 Å². The quantitative estimate of drug-likeness (QED) is 0.566. The Kier molecular flexibility index (Phi) is 7.09. The lowest BCUT2D eigenvalue weighted by Crippen LogP contribution is -2.49. The number of benzene rings is 3. The van der Waals surface area contributed by atoms with E-state index in [0.29, 0.717) is 30.9 Å². The van der Waals surface area contributed by atoms with Crippen molar-refractivity contribution in [2.24, 2.45) is 0 Å². The van der Waals surface area contributed by atoms with Crippen LogP contribution in [0.4, 0.5) is 16.2 Å². The standard InChI is InChI=1S/C27H26N4O3/c1-34-25-12-10-20(11-13-25)16-26(32)29-23-8-4-9-24(17-23)31-15-5-14-30(27(31)33)19-22-7-3-2-6-21(22)18-28/h2-4,6-13,17H,5,14-16,19H2,1H3,(H,29,32). The number of carbonyl (C=O) groups excluding carboxylic acids is 2. The Bertz CT molecular complexity index is 1220. The summed E-state index contributed by atoms with van der Waals surface area (Å²) in [6.07, 6.45) is 1.05. The molecule has 1 aliphatic heterocycles. The summed E-state index contributed by atoms with van der Waals surface area (Å²) in [6.45, 7) is 1.61. The highest BCUT2D eigenvalue weighted by molar-refractivity contribution is 5.96. The number of hydrogen-bond acceptors (Lipinski definition) is 4. The van der Waals surface area contributed by atoms with Crippen LogP contribution in [0.3, 0.4) is 0 Å². The van der Waals surface area contributed by atoms with Gasteiger partial charge in [0.05, 0.1) is 25.2 Å². The number of methoxy groups -OCH3 is 1. The minimum atomic E-state index is -0.137. The topological polar surface area (TPSA) is 85.7 Å². The summed E-state index contributed by atoms with van der Waals surface area (Å²) in [5, 5.41) is 12.3. The molecule has 1 heterocycles. The summed E-state index contributed by atoms with van der Waals surface area (Å²) in [5.74, 6) is 0.607. The monoisotopic (exact) mass is 454 g/mol. The predicted molar refractivity (Wildman–Crippen MR) is 131 cm³/mol. The average Bonchev–Trinajstić information content (AvgIpc) is 2.86. The highest BCUT2D eigenvalue weighted by Gasteiger charge is 2.27. The van der Waals surface area contributed by atoms with Gasteiger partial charge in [-0.3, -0.25) is 9.69 Å². The molecule has 34 heavy (non-hydrogen) atoms. The molecule has 0 saturated carbocycles. The number of nitrogens with zero attached hydrogens (tertiary/aromatic N) is 3. The van der Waals surface area contributed by atoms with Gasteiger partial charge in [0.2, 0.25) is 5.91 Å². The molecule has 0 radical (unpaired) electrons. The van der Waals surface area contributed by atoms with Gasteiger partial charge < -0.3 is 15.0 Å². The van der Waals surface area contributed by atoms with Crippen molar-refractivity contribution in [2.45, 2.75) is 19.4 Å². The molecule has 7 nitrogen and oxygen atoms in total. The molecule has 172 valence electrons. The highest BCUT2D eigenvalue weighted by Crippen LogP contribution is 2.25. The van der Waals surface area contributed by atoms with E-state index in [1.165, 1.54) is 0 Å². The van der Waals surface area contributed by atoms with Crippen molar-refractivity contribution in [3.63, 3.8) is 0 Å². The molecule has 1 aliphatic rings. The van der Waals surface area contributed by atoms with Crippen LogP contribution < -0.4 is 15.0 Å². The van der Waals surface area contributed by atoms with Gasteiger partial charge in [-0.2, -0.15) is 5.26 Å². The van der Waals surface area contributed by atoms with E-state index in [1.54, 1.807) is 23.0 Å². The first-order valence-corrected chi connectivity index (χ1v) is 11.1. The number of carbonyl (C=O) groups is 2. The third-order valence-electron chi connectivity index (χ3n) is 5.78. The van der Waals surface area contributed by atoms with Crippen molar-refractivity contribution in [1.82, 2.24) is 4.90 Å². The lowest BCUT2D eigenvalue weighted by atomic mass is 10.1. The SMILES string of the molecule is COc1ccc(CC(=O)Nc2cccc(N3CCCN(Cc4ccccc4C#N)C3=O)c2)cc1. The zero-order valence-electron chi connectivity index (χ0n) is 19.0. The van der Waals surface area contributed by atoms with Gasteiger partial charge in [0.15, 0.2) is 0 Å². The van der Waals surface area contributed by atoms with E-state index in [1.807, 2.05) is 66.7 Å². The average molecular weight is 455 g/mol. The molecular weight excluding hydrogens is 428 g/mol. The summed E-state index contributed by atoms with van der Waals surface area (Å²) in [4.78, 5) is 29.3. The van der Waals surface area contributed by atoms with Crippen LogP contribution in [0, 0.1) is 11.3 Å². The van der Waals surface area contributed by atoms with Gasteiger partial charge >= 0.3 is 6.03 Å². The fourth-order valence-electron chi connectivity index (χ4n) is 4.03. The van der Waals surface area contributed by atoms with Crippen molar-refractivity contribution >= 4 is 23.3 Å². The predicted octanol–water partition coefficient (Wildman–Crippen LogP) is 4.58. The molecule has 3 aromatic carbocycles. The van der Waals surface area contributed by atoms with Crippen molar-refractivity contribution in [2.75, 3.05) is 30.4 Å². The molecule has 0 atom stereocenters. The molecule has 0 spiro atoms. The molecule has 1 N–H and O–H groups in total. The summed E-state index contributed by atoms with van der Waals surface area (Å²) in [5.41, 5.74) is 3.66. The van der Waals surface area contributed by atoms with E-state index in [4.69, 9.17) is 4.74 Å². The lowest BCUT2D eigenvalue weighted by molar-refractivity contribution is -0.115. The first-order valence-electron chi connectivity index (χ1n) is 11.1. The van der Waals surface area contributed by atoms with Crippen molar-refractivity contribution in [3.8, 4) is 11.8 Å². The largest absolute Gasteiger partial charge is 0.497 e. The summed E-state index contributed by atoms with van der Waals surface area (Å²) in [7, 11) is 1.60. The number of rotatable bonds is 7. The molecule has 0 aliphatic carbocycles. The number of nitriles is 1. The zero-order chi connectivity index (χ0) is 23.9. The van der Waals surface area contributed by atoms with Gasteiger partial charge in [0.1, 0.15) is 5.75 Å². The highest BCUT2D eigenvalue weighted by atomic mass is 16.5. The van der Waals surface area contributed by atoms with E-state index >= 15 is 0 Å². The minimum Gasteiger partial charge on any atom is -0.497 e. The van der Waals surface area contributed by atoms with Crippen LogP contribution in [0.1, 0.15) is 23.1 Å². The fraction of sp³-hybridized carbons (Fsp3) is 0.222. The Balaban J connectivity index is 1.43. The second-order valence-electron chi connectivity index (χ2n) is 8.10. The van der Waals surface area contributed by atoms with Crippen molar-refractivity contribution in [3.05, 3.63) is 89.5 Å². The zero-order valence-corrected chi connectivity index (χ0v) is 19.0. The van der Waals surface area contributed by atoms with Gasteiger partial charge in [-0.15, -0.1) is 0 Å². The van der Waals surface area contributed by atoms with Crippen LogP contribution in [0.5, 0.6) is 5.75 Å². The normalized spacial score (nSPS) is 13.4. The second-order valence-corrected chi connectivity index (χ2v) is 8.10. The molecule has 3 amide bonds. The second kappa shape index (κ2) is 10.5. The number of nitrogens with one attached hydrogen (secondary N) is 1. The van der Waals surface area contributed by atoms with Gasteiger partial charge in [-0.1, -0.05) is 36.4 Å². The number of anilines is 2. The Labute approximate surface area is 199 Å².